The van der Waals surface area contributed by atoms with E-state index in [4.69, 9.17) is 4.74 Å². The summed E-state index contributed by atoms with van der Waals surface area (Å²) in [6.07, 6.45) is 5.38. The molecular weight excluding hydrogens is 608 g/mol. The molecule has 0 bridgehead atoms. The first kappa shape index (κ1) is 37.9. The number of hydrogen-bond acceptors (Lipinski definition) is 8. The van der Waals surface area contributed by atoms with Crippen molar-refractivity contribution in [2.75, 3.05) is 32.6 Å². The van der Waals surface area contributed by atoms with E-state index in [1.165, 1.54) is 13.8 Å². The molecular formula is C34H56N4O7S. The summed E-state index contributed by atoms with van der Waals surface area (Å²) >= 11 is 0. The van der Waals surface area contributed by atoms with Crippen LogP contribution in [0.5, 0.6) is 0 Å². The molecule has 260 valence electrons. The average Bonchev–Trinajstić information content (AvgIpc) is 2.97. The Balaban J connectivity index is 1.91. The van der Waals surface area contributed by atoms with Crippen molar-refractivity contribution in [3.63, 3.8) is 0 Å². The molecule has 3 amide bonds. The van der Waals surface area contributed by atoms with Crippen molar-refractivity contribution in [3.05, 3.63) is 35.9 Å². The minimum absolute atomic E-state index is 0.0701. The SMILES string of the molecule is CCOCC(=O)N[C@H](C(=O)NC(Cc1ccccc1)C(O)CN1C[C@H]2CCCC[C@H]2CC1C(=O)NC(C)(C)C)C(C)(C)S(C)(=O)=O. The van der Waals surface area contributed by atoms with Crippen LogP contribution in [0.15, 0.2) is 30.3 Å². The maximum atomic E-state index is 13.9. The number of aliphatic hydroxyl groups is 1. The largest absolute Gasteiger partial charge is 0.390 e. The first-order chi connectivity index (χ1) is 21.4. The summed E-state index contributed by atoms with van der Waals surface area (Å²) in [7, 11) is -3.83. The Kier molecular flexibility index (Phi) is 13.2. The summed E-state index contributed by atoms with van der Waals surface area (Å²) in [4.78, 5) is 42.3. The lowest BCUT2D eigenvalue weighted by Gasteiger charge is -2.47. The van der Waals surface area contributed by atoms with Gasteiger partial charge in [0.25, 0.3) is 0 Å². The number of piperidine rings is 1. The van der Waals surface area contributed by atoms with Crippen LogP contribution in [0.4, 0.5) is 0 Å². The van der Waals surface area contributed by atoms with Gasteiger partial charge in [-0.25, -0.2) is 8.42 Å². The zero-order valence-corrected chi connectivity index (χ0v) is 29.5. The van der Waals surface area contributed by atoms with Crippen molar-refractivity contribution in [2.45, 2.75) is 115 Å². The Morgan fingerprint density at radius 3 is 2.24 bits per heavy atom. The van der Waals surface area contributed by atoms with Crippen LogP contribution >= 0.6 is 0 Å². The summed E-state index contributed by atoms with van der Waals surface area (Å²) in [5, 5.41) is 20.4. The molecule has 2 aliphatic rings. The van der Waals surface area contributed by atoms with Crippen molar-refractivity contribution in [2.24, 2.45) is 11.8 Å². The van der Waals surface area contributed by atoms with Crippen LogP contribution in [-0.2, 0) is 35.4 Å². The lowest BCUT2D eigenvalue weighted by molar-refractivity contribution is -0.134. The summed E-state index contributed by atoms with van der Waals surface area (Å²) in [5.74, 6) is -0.534. The number of hydrogen-bond donors (Lipinski definition) is 4. The average molecular weight is 665 g/mol. The number of carbonyl (C=O) groups is 3. The number of rotatable bonds is 14. The number of amides is 3. The van der Waals surface area contributed by atoms with Crippen LogP contribution in [-0.4, -0.2) is 103 Å². The third-order valence-electron chi connectivity index (χ3n) is 9.47. The van der Waals surface area contributed by atoms with E-state index >= 15 is 0 Å². The Morgan fingerprint density at radius 1 is 1.02 bits per heavy atom. The predicted molar refractivity (Wildman–Crippen MR) is 179 cm³/mol. The molecule has 0 spiro atoms. The van der Waals surface area contributed by atoms with Gasteiger partial charge in [0, 0.05) is 31.5 Å². The fraction of sp³-hybridized carbons (Fsp3) is 0.735. The number of fused-ring (bicyclic) bond motifs is 1. The second kappa shape index (κ2) is 16.0. The Labute approximate surface area is 275 Å². The van der Waals surface area contributed by atoms with Gasteiger partial charge in [0.1, 0.15) is 12.6 Å². The highest BCUT2D eigenvalue weighted by molar-refractivity contribution is 7.92. The summed E-state index contributed by atoms with van der Waals surface area (Å²) in [5.41, 5.74) is 0.446. The van der Waals surface area contributed by atoms with Gasteiger partial charge < -0.3 is 25.8 Å². The van der Waals surface area contributed by atoms with E-state index in [9.17, 15) is 27.9 Å². The minimum Gasteiger partial charge on any atom is -0.390 e. The highest BCUT2D eigenvalue weighted by Crippen LogP contribution is 2.39. The molecule has 1 aromatic carbocycles. The third kappa shape index (κ3) is 10.5. The molecule has 1 saturated heterocycles. The van der Waals surface area contributed by atoms with E-state index in [1.54, 1.807) is 6.92 Å². The maximum absolute atomic E-state index is 13.9. The van der Waals surface area contributed by atoms with Gasteiger partial charge in [-0.2, -0.15) is 0 Å². The number of sulfone groups is 1. The molecule has 3 rings (SSSR count). The second-order valence-corrected chi connectivity index (χ2v) is 17.2. The van der Waals surface area contributed by atoms with Crippen LogP contribution in [0.25, 0.3) is 0 Å². The first-order valence-corrected chi connectivity index (χ1v) is 18.5. The van der Waals surface area contributed by atoms with E-state index in [1.807, 2.05) is 51.1 Å². The number of aliphatic hydroxyl groups excluding tert-OH is 1. The topological polar surface area (TPSA) is 154 Å². The van der Waals surface area contributed by atoms with Crippen molar-refractivity contribution < 1.29 is 32.6 Å². The van der Waals surface area contributed by atoms with E-state index in [0.717, 1.165) is 37.5 Å². The number of benzene rings is 1. The van der Waals surface area contributed by atoms with E-state index in [-0.39, 0.29) is 32.1 Å². The number of carbonyl (C=O) groups excluding carboxylic acids is 3. The molecule has 4 N–H and O–H groups in total. The fourth-order valence-electron chi connectivity index (χ4n) is 6.58. The van der Waals surface area contributed by atoms with Crippen molar-refractivity contribution in [1.82, 2.24) is 20.9 Å². The van der Waals surface area contributed by atoms with Crippen molar-refractivity contribution >= 4 is 27.6 Å². The third-order valence-corrected chi connectivity index (χ3v) is 11.6. The van der Waals surface area contributed by atoms with E-state index in [2.05, 4.69) is 20.9 Å². The summed E-state index contributed by atoms with van der Waals surface area (Å²) < 4.78 is 29.2. The van der Waals surface area contributed by atoms with Crippen LogP contribution in [0.2, 0.25) is 0 Å². The summed E-state index contributed by atoms with van der Waals surface area (Å²) in [6, 6.07) is 6.67. The Bertz CT molecular complexity index is 1280. The normalized spacial score (nSPS) is 23.0. The standard InChI is InChI=1S/C34H56N4O7S/c1-8-45-22-29(40)36-30(34(5,6)46(7,43)44)32(42)35-26(18-23-14-10-9-11-15-23)28(39)21-38-20-25-17-13-12-16-24(25)19-27(38)31(41)37-33(2,3)4/h9-11,14-15,24-28,30,39H,8,12-13,16-22H2,1-7H3,(H,35,42)(H,36,40)(H,37,41)/t24-,25+,26?,27?,28?,30+/m0/s1. The zero-order valence-electron chi connectivity index (χ0n) is 28.7. The van der Waals surface area contributed by atoms with Gasteiger partial charge in [-0.05, 0) is 78.2 Å². The minimum atomic E-state index is -3.83. The Morgan fingerprint density at radius 2 is 1.65 bits per heavy atom. The molecule has 1 heterocycles. The van der Waals surface area contributed by atoms with Crippen molar-refractivity contribution in [1.29, 1.82) is 0 Å². The molecule has 1 aliphatic carbocycles. The van der Waals surface area contributed by atoms with Crippen LogP contribution in [0.1, 0.15) is 79.2 Å². The van der Waals surface area contributed by atoms with Gasteiger partial charge in [0.05, 0.1) is 22.9 Å². The van der Waals surface area contributed by atoms with E-state index < -0.39 is 56.2 Å². The molecule has 6 atom stereocenters. The first-order valence-electron chi connectivity index (χ1n) is 16.6. The smallest absolute Gasteiger partial charge is 0.246 e. The molecule has 11 nitrogen and oxygen atoms in total. The second-order valence-electron chi connectivity index (χ2n) is 14.6. The lowest BCUT2D eigenvalue weighted by Crippen LogP contribution is -2.64. The quantitative estimate of drug-likeness (QED) is 0.236. The van der Waals surface area contributed by atoms with Gasteiger partial charge in [0.2, 0.25) is 17.7 Å². The number of nitrogens with zero attached hydrogens (tertiary/aromatic N) is 1. The van der Waals surface area contributed by atoms with Gasteiger partial charge in [-0.3, -0.25) is 19.3 Å². The molecule has 0 radical (unpaired) electrons. The van der Waals surface area contributed by atoms with Crippen LogP contribution in [0, 0.1) is 11.8 Å². The molecule has 1 aromatic rings. The molecule has 2 fully saturated rings. The highest BCUT2D eigenvalue weighted by Gasteiger charge is 2.46. The fourth-order valence-corrected chi connectivity index (χ4v) is 7.17. The van der Waals surface area contributed by atoms with E-state index in [0.29, 0.717) is 24.8 Å². The molecule has 46 heavy (non-hydrogen) atoms. The van der Waals surface area contributed by atoms with Gasteiger partial charge in [-0.15, -0.1) is 0 Å². The highest BCUT2D eigenvalue weighted by atomic mass is 32.2. The van der Waals surface area contributed by atoms with Crippen molar-refractivity contribution in [3.8, 4) is 0 Å². The number of nitrogens with one attached hydrogen (secondary N) is 3. The molecule has 1 aliphatic heterocycles. The monoisotopic (exact) mass is 664 g/mol. The summed E-state index contributed by atoms with van der Waals surface area (Å²) in [6.45, 7) is 11.1. The molecule has 3 unspecified atom stereocenters. The number of ether oxygens (including phenoxy) is 1. The predicted octanol–water partition coefficient (Wildman–Crippen LogP) is 2.21. The molecule has 12 heteroatoms. The number of β-amino-alcohol motifs (C(OH)–C–C–N with tert-alkyl or cyclic N) is 1. The molecule has 1 saturated carbocycles. The van der Waals surface area contributed by atoms with Crippen LogP contribution < -0.4 is 16.0 Å². The maximum Gasteiger partial charge on any atom is 0.246 e. The number of likely N-dealkylation sites (tertiary alicyclic amines) is 1. The molecule has 0 aromatic heterocycles. The zero-order chi connectivity index (χ0) is 34.3. The van der Waals surface area contributed by atoms with Crippen LogP contribution in [0.3, 0.4) is 0 Å². The van der Waals surface area contributed by atoms with Gasteiger partial charge in [0.15, 0.2) is 9.84 Å². The Hall–Kier alpha value is -2.54. The lowest BCUT2D eigenvalue weighted by atomic mass is 9.72. The van der Waals surface area contributed by atoms with Gasteiger partial charge >= 0.3 is 0 Å². The van der Waals surface area contributed by atoms with Gasteiger partial charge in [-0.1, -0.05) is 49.6 Å².